The minimum absolute atomic E-state index is 0.180. The van der Waals surface area contributed by atoms with Gasteiger partial charge in [0, 0.05) is 28.8 Å². The van der Waals surface area contributed by atoms with Crippen LogP contribution in [0.5, 0.6) is 11.6 Å². The van der Waals surface area contributed by atoms with Crippen LogP contribution in [0.1, 0.15) is 18.4 Å². The molecule has 1 saturated carbocycles. The van der Waals surface area contributed by atoms with Crippen molar-refractivity contribution < 1.29 is 9.13 Å². The Balaban J connectivity index is 1.78. The highest BCUT2D eigenvalue weighted by Gasteiger charge is 2.21. The van der Waals surface area contributed by atoms with E-state index in [-0.39, 0.29) is 5.75 Å². The second kappa shape index (κ2) is 5.89. The zero-order valence-electron chi connectivity index (χ0n) is 10.8. The summed E-state index contributed by atoms with van der Waals surface area (Å²) < 4.78 is 20.1. The fourth-order valence-corrected chi connectivity index (χ4v) is 2.19. The van der Waals surface area contributed by atoms with Crippen LogP contribution in [0, 0.1) is 5.82 Å². The Morgan fingerprint density at radius 1 is 1.35 bits per heavy atom. The van der Waals surface area contributed by atoms with Gasteiger partial charge in [-0.25, -0.2) is 9.37 Å². The molecule has 1 N–H and O–H groups in total. The van der Waals surface area contributed by atoms with Crippen molar-refractivity contribution in [2.75, 3.05) is 0 Å². The number of hydrogen-bond acceptors (Lipinski definition) is 3. The molecule has 1 heterocycles. The monoisotopic (exact) mass is 336 g/mol. The predicted octanol–water partition coefficient (Wildman–Crippen LogP) is 4.03. The van der Waals surface area contributed by atoms with Crippen molar-refractivity contribution in [3.05, 3.63) is 52.4 Å². The first kappa shape index (κ1) is 13.5. The van der Waals surface area contributed by atoms with Gasteiger partial charge in [-0.2, -0.15) is 0 Å². The maximum atomic E-state index is 13.8. The van der Waals surface area contributed by atoms with Crippen LogP contribution in [-0.2, 0) is 6.54 Å². The Hall–Kier alpha value is -1.46. The minimum atomic E-state index is -0.411. The van der Waals surface area contributed by atoms with Crippen LogP contribution in [0.15, 0.2) is 41.0 Å². The van der Waals surface area contributed by atoms with E-state index in [2.05, 4.69) is 26.2 Å². The van der Waals surface area contributed by atoms with Crippen LogP contribution in [0.3, 0.4) is 0 Å². The second-order valence-electron chi connectivity index (χ2n) is 4.80. The Morgan fingerprint density at radius 2 is 2.20 bits per heavy atom. The summed E-state index contributed by atoms with van der Waals surface area (Å²) >= 11 is 3.22. The summed E-state index contributed by atoms with van der Waals surface area (Å²) in [7, 11) is 0. The zero-order valence-corrected chi connectivity index (χ0v) is 12.4. The zero-order chi connectivity index (χ0) is 13.9. The summed E-state index contributed by atoms with van der Waals surface area (Å²) in [6.45, 7) is 0.686. The molecule has 1 aromatic carbocycles. The predicted molar refractivity (Wildman–Crippen MR) is 78.3 cm³/mol. The van der Waals surface area contributed by atoms with Gasteiger partial charge in [-0.1, -0.05) is 22.0 Å². The van der Waals surface area contributed by atoms with Gasteiger partial charge in [-0.15, -0.1) is 0 Å². The fraction of sp³-hybridized carbons (Fsp3) is 0.267. The number of nitrogens with one attached hydrogen (secondary N) is 1. The summed E-state index contributed by atoms with van der Waals surface area (Å²) in [6, 6.07) is 9.10. The van der Waals surface area contributed by atoms with Crippen molar-refractivity contribution in [1.82, 2.24) is 10.3 Å². The van der Waals surface area contributed by atoms with Crippen molar-refractivity contribution in [3.63, 3.8) is 0 Å². The van der Waals surface area contributed by atoms with E-state index in [4.69, 9.17) is 4.74 Å². The molecular formula is C15H14BrFN2O. The molecule has 104 valence electrons. The lowest BCUT2D eigenvalue weighted by Crippen LogP contribution is -2.16. The molecule has 0 atom stereocenters. The first-order valence-corrected chi connectivity index (χ1v) is 7.32. The molecule has 0 radical (unpaired) electrons. The summed E-state index contributed by atoms with van der Waals surface area (Å²) in [5, 5.41) is 3.40. The molecule has 2 aromatic rings. The number of aromatic nitrogens is 1. The molecule has 1 fully saturated rings. The van der Waals surface area contributed by atoms with E-state index in [9.17, 15) is 4.39 Å². The Bertz CT molecular complexity index is 617. The van der Waals surface area contributed by atoms with E-state index < -0.39 is 5.82 Å². The molecule has 5 heteroatoms. The largest absolute Gasteiger partial charge is 0.436 e. The van der Waals surface area contributed by atoms with E-state index in [1.54, 1.807) is 18.3 Å². The number of benzene rings is 1. The highest BCUT2D eigenvalue weighted by molar-refractivity contribution is 9.10. The second-order valence-corrected chi connectivity index (χ2v) is 5.72. The van der Waals surface area contributed by atoms with Crippen molar-refractivity contribution in [1.29, 1.82) is 0 Å². The van der Waals surface area contributed by atoms with Gasteiger partial charge < -0.3 is 10.1 Å². The van der Waals surface area contributed by atoms with Gasteiger partial charge in [0.2, 0.25) is 5.88 Å². The van der Waals surface area contributed by atoms with Gasteiger partial charge in [0.05, 0.1) is 0 Å². The summed E-state index contributed by atoms with van der Waals surface area (Å²) in [5.74, 6) is 0.215. The third-order valence-electron chi connectivity index (χ3n) is 3.11. The Kier molecular flexibility index (Phi) is 3.98. The number of hydrogen-bond donors (Lipinski definition) is 1. The van der Waals surface area contributed by atoms with Crippen LogP contribution in [0.4, 0.5) is 4.39 Å². The summed E-state index contributed by atoms with van der Waals surface area (Å²) in [4.78, 5) is 4.20. The van der Waals surface area contributed by atoms with Gasteiger partial charge in [-0.3, -0.25) is 0 Å². The standard InChI is InChI=1S/C15H14BrFN2O/c16-11-3-6-14(13(17)8-11)20-15-10(2-1-7-18-15)9-19-12-4-5-12/h1-3,6-8,12,19H,4-5,9H2. The molecule has 20 heavy (non-hydrogen) atoms. The molecule has 0 bridgehead atoms. The lowest BCUT2D eigenvalue weighted by atomic mass is 10.2. The van der Waals surface area contributed by atoms with E-state index in [1.807, 2.05) is 12.1 Å². The van der Waals surface area contributed by atoms with E-state index >= 15 is 0 Å². The van der Waals surface area contributed by atoms with Gasteiger partial charge in [0.25, 0.3) is 0 Å². The van der Waals surface area contributed by atoms with E-state index in [0.717, 1.165) is 5.56 Å². The van der Waals surface area contributed by atoms with Crippen molar-refractivity contribution in [3.8, 4) is 11.6 Å². The Labute approximate surface area is 125 Å². The average molecular weight is 337 g/mol. The van der Waals surface area contributed by atoms with Crippen LogP contribution >= 0.6 is 15.9 Å². The fourth-order valence-electron chi connectivity index (χ4n) is 1.85. The molecule has 0 saturated heterocycles. The molecular weight excluding hydrogens is 323 g/mol. The van der Waals surface area contributed by atoms with Crippen LogP contribution in [-0.4, -0.2) is 11.0 Å². The summed E-state index contributed by atoms with van der Waals surface area (Å²) in [5.41, 5.74) is 0.932. The molecule has 1 aliphatic carbocycles. The van der Waals surface area contributed by atoms with E-state index in [0.29, 0.717) is 22.9 Å². The van der Waals surface area contributed by atoms with Gasteiger partial charge in [-0.05, 0) is 37.1 Å². The number of rotatable bonds is 5. The third-order valence-corrected chi connectivity index (χ3v) is 3.60. The molecule has 3 nitrogen and oxygen atoms in total. The number of ether oxygens (including phenoxy) is 1. The third kappa shape index (κ3) is 3.35. The first-order valence-electron chi connectivity index (χ1n) is 6.52. The SMILES string of the molecule is Fc1cc(Br)ccc1Oc1ncccc1CNC1CC1. The molecule has 0 aliphatic heterocycles. The maximum Gasteiger partial charge on any atom is 0.223 e. The molecule has 1 aromatic heterocycles. The molecule has 0 spiro atoms. The average Bonchev–Trinajstić information content (AvgIpc) is 3.25. The van der Waals surface area contributed by atoms with Crippen molar-refractivity contribution in [2.45, 2.75) is 25.4 Å². The Morgan fingerprint density at radius 3 is 2.95 bits per heavy atom. The van der Waals surface area contributed by atoms with Gasteiger partial charge >= 0.3 is 0 Å². The molecule has 1 aliphatic rings. The van der Waals surface area contributed by atoms with Crippen LogP contribution in [0.25, 0.3) is 0 Å². The number of pyridine rings is 1. The topological polar surface area (TPSA) is 34.1 Å². The van der Waals surface area contributed by atoms with Crippen molar-refractivity contribution >= 4 is 15.9 Å². The first-order chi connectivity index (χ1) is 9.72. The lowest BCUT2D eigenvalue weighted by Gasteiger charge is -2.11. The smallest absolute Gasteiger partial charge is 0.223 e. The highest BCUT2D eigenvalue weighted by Crippen LogP contribution is 2.28. The number of nitrogens with zero attached hydrogens (tertiary/aromatic N) is 1. The van der Waals surface area contributed by atoms with Gasteiger partial charge in [0.15, 0.2) is 11.6 Å². The van der Waals surface area contributed by atoms with Gasteiger partial charge in [0.1, 0.15) is 0 Å². The molecule has 3 rings (SSSR count). The number of halogens is 2. The highest BCUT2D eigenvalue weighted by atomic mass is 79.9. The quantitative estimate of drug-likeness (QED) is 0.895. The van der Waals surface area contributed by atoms with E-state index in [1.165, 1.54) is 18.9 Å². The molecule has 0 unspecified atom stereocenters. The van der Waals surface area contributed by atoms with Crippen molar-refractivity contribution in [2.24, 2.45) is 0 Å². The lowest BCUT2D eigenvalue weighted by molar-refractivity contribution is 0.420. The normalized spacial score (nSPS) is 14.3. The maximum absolute atomic E-state index is 13.8. The summed E-state index contributed by atoms with van der Waals surface area (Å²) in [6.07, 6.45) is 4.09. The molecule has 0 amide bonds. The van der Waals surface area contributed by atoms with Crippen LogP contribution < -0.4 is 10.1 Å². The minimum Gasteiger partial charge on any atom is -0.436 e. The van der Waals surface area contributed by atoms with Crippen LogP contribution in [0.2, 0.25) is 0 Å².